The molecule has 110 valence electrons. The molecule has 1 N–H and O–H groups in total. The van der Waals surface area contributed by atoms with E-state index in [0.29, 0.717) is 23.7 Å². The van der Waals surface area contributed by atoms with Gasteiger partial charge in [-0.3, -0.25) is 5.32 Å². The topological polar surface area (TPSA) is 77.5 Å². The second-order valence-corrected chi connectivity index (χ2v) is 5.18. The molecule has 0 unspecified atom stereocenters. The monoisotopic (exact) mass is 280 g/mol. The molecule has 0 radical (unpaired) electrons. The van der Waals surface area contributed by atoms with E-state index in [1.807, 2.05) is 0 Å². The van der Waals surface area contributed by atoms with Crippen LogP contribution in [0.5, 0.6) is 0 Å². The second kappa shape index (κ2) is 6.36. The van der Waals surface area contributed by atoms with Crippen molar-refractivity contribution in [1.82, 2.24) is 4.98 Å². The minimum Gasteiger partial charge on any atom is -0.462 e. The van der Waals surface area contributed by atoms with Crippen LogP contribution in [0, 0.1) is 6.92 Å². The third-order valence-electron chi connectivity index (χ3n) is 2.21. The zero-order chi connectivity index (χ0) is 15.3. The molecule has 0 fully saturated rings. The predicted octanol–water partition coefficient (Wildman–Crippen LogP) is 2.91. The van der Waals surface area contributed by atoms with Crippen LogP contribution in [0.2, 0.25) is 0 Å². The molecular formula is C14H20N2O4. The first-order valence-corrected chi connectivity index (χ1v) is 6.37. The number of ether oxygens (including phenoxy) is 2. The number of aryl methyl sites for hydroxylation is 1. The van der Waals surface area contributed by atoms with Crippen molar-refractivity contribution in [2.75, 3.05) is 11.9 Å². The number of esters is 1. The minimum atomic E-state index is -0.590. The van der Waals surface area contributed by atoms with E-state index in [1.165, 1.54) is 6.07 Å². The van der Waals surface area contributed by atoms with Crippen molar-refractivity contribution in [2.45, 2.75) is 40.2 Å². The number of hydrogen-bond acceptors (Lipinski definition) is 5. The van der Waals surface area contributed by atoms with E-state index in [0.717, 1.165) is 0 Å². The van der Waals surface area contributed by atoms with Crippen molar-refractivity contribution in [3.05, 3.63) is 23.4 Å². The van der Waals surface area contributed by atoms with Crippen LogP contribution in [0.4, 0.5) is 10.6 Å². The van der Waals surface area contributed by atoms with E-state index in [2.05, 4.69) is 10.3 Å². The maximum Gasteiger partial charge on any atom is 0.413 e. The molecule has 1 aromatic rings. The van der Waals surface area contributed by atoms with Crippen molar-refractivity contribution in [3.8, 4) is 0 Å². The van der Waals surface area contributed by atoms with Gasteiger partial charge >= 0.3 is 12.1 Å². The first kappa shape index (κ1) is 15.9. The Morgan fingerprint density at radius 1 is 1.30 bits per heavy atom. The van der Waals surface area contributed by atoms with E-state index in [4.69, 9.17) is 9.47 Å². The normalized spacial score (nSPS) is 10.8. The van der Waals surface area contributed by atoms with Gasteiger partial charge in [0, 0.05) is 0 Å². The number of amides is 1. The molecule has 0 atom stereocenters. The molecule has 0 aliphatic carbocycles. The molecule has 0 aromatic carbocycles. The lowest BCUT2D eigenvalue weighted by molar-refractivity contribution is 0.0524. The molecule has 0 saturated carbocycles. The van der Waals surface area contributed by atoms with E-state index in [9.17, 15) is 9.59 Å². The van der Waals surface area contributed by atoms with Crippen LogP contribution in [0.1, 0.15) is 43.7 Å². The SMILES string of the molecule is CCOC(=O)c1ccc(NC(=O)OC(C)(C)C)nc1C. The summed E-state index contributed by atoms with van der Waals surface area (Å²) in [6.07, 6.45) is -0.590. The summed E-state index contributed by atoms with van der Waals surface area (Å²) in [7, 11) is 0. The molecule has 0 aliphatic rings. The molecule has 0 bridgehead atoms. The maximum absolute atomic E-state index is 11.6. The minimum absolute atomic E-state index is 0.302. The Balaban J connectivity index is 2.78. The summed E-state index contributed by atoms with van der Waals surface area (Å²) in [5.41, 5.74) is 0.280. The molecule has 1 heterocycles. The van der Waals surface area contributed by atoms with Gasteiger partial charge in [-0.05, 0) is 46.8 Å². The maximum atomic E-state index is 11.6. The smallest absolute Gasteiger partial charge is 0.413 e. The Labute approximate surface area is 118 Å². The van der Waals surface area contributed by atoms with Crippen molar-refractivity contribution in [2.24, 2.45) is 0 Å². The van der Waals surface area contributed by atoms with E-state index < -0.39 is 17.7 Å². The summed E-state index contributed by atoms with van der Waals surface area (Å²) in [5, 5.41) is 2.51. The van der Waals surface area contributed by atoms with Crippen LogP contribution in [0.25, 0.3) is 0 Å². The molecule has 6 nitrogen and oxygen atoms in total. The van der Waals surface area contributed by atoms with Crippen molar-refractivity contribution >= 4 is 17.9 Å². The average Bonchev–Trinajstić information content (AvgIpc) is 2.26. The van der Waals surface area contributed by atoms with Crippen molar-refractivity contribution in [1.29, 1.82) is 0 Å². The van der Waals surface area contributed by atoms with Gasteiger partial charge < -0.3 is 9.47 Å². The largest absolute Gasteiger partial charge is 0.462 e. The molecular weight excluding hydrogens is 260 g/mol. The van der Waals surface area contributed by atoms with Gasteiger partial charge in [-0.2, -0.15) is 0 Å². The van der Waals surface area contributed by atoms with Gasteiger partial charge in [0.25, 0.3) is 0 Å². The summed E-state index contributed by atoms with van der Waals surface area (Å²) in [5.74, 6) is -0.105. The van der Waals surface area contributed by atoms with E-state index in [1.54, 1.807) is 40.7 Å². The number of hydrogen-bond donors (Lipinski definition) is 1. The van der Waals surface area contributed by atoms with Gasteiger partial charge in [0.05, 0.1) is 17.9 Å². The second-order valence-electron chi connectivity index (χ2n) is 5.18. The quantitative estimate of drug-likeness (QED) is 0.861. The molecule has 0 spiro atoms. The van der Waals surface area contributed by atoms with Crippen molar-refractivity contribution < 1.29 is 19.1 Å². The van der Waals surface area contributed by atoms with Crippen LogP contribution in [0.3, 0.4) is 0 Å². The van der Waals surface area contributed by atoms with E-state index >= 15 is 0 Å². The number of anilines is 1. The van der Waals surface area contributed by atoms with Gasteiger partial charge in [0.2, 0.25) is 0 Å². The number of aromatic nitrogens is 1. The molecule has 6 heteroatoms. The lowest BCUT2D eigenvalue weighted by Crippen LogP contribution is -2.27. The summed E-state index contributed by atoms with van der Waals surface area (Å²) in [4.78, 5) is 27.3. The number of carbonyl (C=O) groups is 2. The zero-order valence-corrected chi connectivity index (χ0v) is 12.4. The van der Waals surface area contributed by atoms with Crippen LogP contribution >= 0.6 is 0 Å². The fourth-order valence-corrected chi connectivity index (χ4v) is 1.46. The molecule has 20 heavy (non-hydrogen) atoms. The Morgan fingerprint density at radius 2 is 1.95 bits per heavy atom. The van der Waals surface area contributed by atoms with Crippen LogP contribution in [-0.4, -0.2) is 29.3 Å². The fourth-order valence-electron chi connectivity index (χ4n) is 1.46. The van der Waals surface area contributed by atoms with Crippen LogP contribution in [-0.2, 0) is 9.47 Å². The highest BCUT2D eigenvalue weighted by Gasteiger charge is 2.17. The van der Waals surface area contributed by atoms with Gasteiger partial charge in [-0.15, -0.1) is 0 Å². The van der Waals surface area contributed by atoms with Gasteiger partial charge in [-0.1, -0.05) is 0 Å². The summed E-state index contributed by atoms with van der Waals surface area (Å²) < 4.78 is 10.0. The molecule has 0 aliphatic heterocycles. The third-order valence-corrected chi connectivity index (χ3v) is 2.21. The van der Waals surface area contributed by atoms with Crippen molar-refractivity contribution in [3.63, 3.8) is 0 Å². The third kappa shape index (κ3) is 4.87. The Hall–Kier alpha value is -2.11. The standard InChI is InChI=1S/C14H20N2O4/c1-6-19-12(17)10-7-8-11(15-9(10)2)16-13(18)20-14(3,4)5/h7-8H,6H2,1-5H3,(H,15,16,18). The highest BCUT2D eigenvalue weighted by Crippen LogP contribution is 2.14. The summed E-state index contributed by atoms with van der Waals surface area (Å²) in [6, 6.07) is 3.09. The lowest BCUT2D eigenvalue weighted by Gasteiger charge is -2.19. The van der Waals surface area contributed by atoms with Crippen LogP contribution < -0.4 is 5.32 Å². The lowest BCUT2D eigenvalue weighted by atomic mass is 10.2. The highest BCUT2D eigenvalue weighted by atomic mass is 16.6. The molecule has 0 saturated heterocycles. The number of nitrogens with zero attached hydrogens (tertiary/aromatic N) is 1. The zero-order valence-electron chi connectivity index (χ0n) is 12.4. The number of pyridine rings is 1. The molecule has 1 rings (SSSR count). The Kier molecular flexibility index (Phi) is 5.07. The fraction of sp³-hybridized carbons (Fsp3) is 0.500. The van der Waals surface area contributed by atoms with E-state index in [-0.39, 0.29) is 0 Å². The first-order valence-electron chi connectivity index (χ1n) is 6.37. The van der Waals surface area contributed by atoms with Gasteiger partial charge in [0.1, 0.15) is 11.4 Å². The number of carbonyl (C=O) groups excluding carboxylic acids is 2. The summed E-state index contributed by atoms with van der Waals surface area (Å²) in [6.45, 7) is 9.03. The molecule has 1 aromatic heterocycles. The Morgan fingerprint density at radius 3 is 2.45 bits per heavy atom. The van der Waals surface area contributed by atoms with Gasteiger partial charge in [-0.25, -0.2) is 14.6 Å². The van der Waals surface area contributed by atoms with Crippen LogP contribution in [0.15, 0.2) is 12.1 Å². The highest BCUT2D eigenvalue weighted by molar-refractivity contribution is 5.91. The molecule has 1 amide bonds. The summed E-state index contributed by atoms with van der Waals surface area (Å²) >= 11 is 0. The Bertz CT molecular complexity index is 506. The number of rotatable bonds is 3. The average molecular weight is 280 g/mol. The first-order chi connectivity index (χ1) is 9.23. The predicted molar refractivity (Wildman–Crippen MR) is 74.8 cm³/mol. The number of nitrogens with one attached hydrogen (secondary N) is 1. The van der Waals surface area contributed by atoms with Gasteiger partial charge in [0.15, 0.2) is 0 Å².